The Morgan fingerprint density at radius 3 is 2.50 bits per heavy atom. The molecule has 0 atom stereocenters. The van der Waals surface area contributed by atoms with Crippen molar-refractivity contribution in [1.29, 1.82) is 0 Å². The van der Waals surface area contributed by atoms with Gasteiger partial charge < -0.3 is 9.67 Å². The third-order valence-corrected chi connectivity index (χ3v) is 4.05. The van der Waals surface area contributed by atoms with Crippen LogP contribution in [0.25, 0.3) is 27.8 Å². The summed E-state index contributed by atoms with van der Waals surface area (Å²) in [5, 5.41) is 10.2. The summed E-state index contributed by atoms with van der Waals surface area (Å²) in [6, 6.07) is 21.0. The van der Waals surface area contributed by atoms with Gasteiger partial charge in [0.2, 0.25) is 0 Å². The lowest BCUT2D eigenvalue weighted by Gasteiger charge is -2.10. The Morgan fingerprint density at radius 1 is 0.958 bits per heavy atom. The van der Waals surface area contributed by atoms with Crippen molar-refractivity contribution in [2.24, 2.45) is 0 Å². The van der Waals surface area contributed by atoms with Gasteiger partial charge in [0.1, 0.15) is 0 Å². The topological polar surface area (TPSA) is 55.1 Å². The van der Waals surface area contributed by atoms with Crippen molar-refractivity contribution >= 4 is 16.9 Å². The van der Waals surface area contributed by atoms with Crippen LogP contribution in [-0.4, -0.2) is 20.6 Å². The van der Waals surface area contributed by atoms with Gasteiger partial charge in [-0.15, -0.1) is 0 Å². The molecule has 2 aromatic carbocycles. The number of aromatic nitrogens is 2. The lowest BCUT2D eigenvalue weighted by molar-refractivity contribution is 0.0699. The van der Waals surface area contributed by atoms with Gasteiger partial charge in [-0.25, -0.2) is 4.79 Å². The summed E-state index contributed by atoms with van der Waals surface area (Å²) in [6.45, 7) is 0. The summed E-state index contributed by atoms with van der Waals surface area (Å²) in [6.07, 6.45) is 3.50. The number of carbonyl (C=O) groups is 1. The van der Waals surface area contributed by atoms with Crippen molar-refractivity contribution in [1.82, 2.24) is 9.55 Å². The van der Waals surface area contributed by atoms with Gasteiger partial charge >= 0.3 is 5.97 Å². The van der Waals surface area contributed by atoms with Gasteiger partial charge in [0.15, 0.2) is 0 Å². The second-order valence-electron chi connectivity index (χ2n) is 5.49. The van der Waals surface area contributed by atoms with Crippen LogP contribution in [0.4, 0.5) is 0 Å². The van der Waals surface area contributed by atoms with E-state index in [-0.39, 0.29) is 0 Å². The summed E-state index contributed by atoms with van der Waals surface area (Å²) < 4.78 is 2.05. The molecule has 2 heterocycles. The van der Waals surface area contributed by atoms with Crippen LogP contribution in [0.15, 0.2) is 79.1 Å². The van der Waals surface area contributed by atoms with Crippen molar-refractivity contribution in [3.05, 3.63) is 84.7 Å². The summed E-state index contributed by atoms with van der Waals surface area (Å²) >= 11 is 0. The summed E-state index contributed by atoms with van der Waals surface area (Å²) in [4.78, 5) is 15.8. The van der Waals surface area contributed by atoms with Gasteiger partial charge in [-0.05, 0) is 35.9 Å². The molecule has 0 saturated carbocycles. The maximum absolute atomic E-state index is 11.6. The van der Waals surface area contributed by atoms with E-state index in [0.29, 0.717) is 10.9 Å². The lowest BCUT2D eigenvalue weighted by Crippen LogP contribution is -1.99. The Bertz CT molecular complexity index is 1020. The monoisotopic (exact) mass is 314 g/mol. The highest BCUT2D eigenvalue weighted by molar-refractivity contribution is 6.05. The number of benzene rings is 2. The van der Waals surface area contributed by atoms with Crippen LogP contribution in [0, 0.1) is 0 Å². The fourth-order valence-electron chi connectivity index (χ4n) is 3.00. The largest absolute Gasteiger partial charge is 0.478 e. The first-order chi connectivity index (χ1) is 11.8. The van der Waals surface area contributed by atoms with Gasteiger partial charge in [-0.2, -0.15) is 0 Å². The molecular formula is C20H14N2O2. The molecule has 0 saturated heterocycles. The smallest absolute Gasteiger partial charge is 0.336 e. The summed E-state index contributed by atoms with van der Waals surface area (Å²) in [5.41, 5.74) is 4.00. The minimum atomic E-state index is -0.927. The van der Waals surface area contributed by atoms with Gasteiger partial charge in [0.25, 0.3) is 0 Å². The predicted molar refractivity (Wildman–Crippen MR) is 93.5 cm³/mol. The van der Waals surface area contributed by atoms with Crippen LogP contribution >= 0.6 is 0 Å². The van der Waals surface area contributed by atoms with E-state index in [1.807, 2.05) is 59.2 Å². The van der Waals surface area contributed by atoms with Gasteiger partial charge in [0, 0.05) is 11.6 Å². The molecule has 4 rings (SSSR count). The fraction of sp³-hybridized carbons (Fsp3) is 0. The normalized spacial score (nSPS) is 10.8. The first-order valence-electron chi connectivity index (χ1n) is 7.59. The van der Waals surface area contributed by atoms with E-state index >= 15 is 0 Å². The van der Waals surface area contributed by atoms with Gasteiger partial charge in [-0.3, -0.25) is 4.98 Å². The minimum absolute atomic E-state index is 0.298. The molecule has 4 aromatic rings. The molecule has 0 fully saturated rings. The third-order valence-electron chi connectivity index (χ3n) is 4.05. The number of aromatic carboxylic acids is 1. The molecule has 2 aromatic heterocycles. The number of fused-ring (bicyclic) bond motifs is 1. The van der Waals surface area contributed by atoms with Crippen molar-refractivity contribution in [3.8, 4) is 16.9 Å². The first kappa shape index (κ1) is 14.2. The molecule has 0 aliphatic carbocycles. The minimum Gasteiger partial charge on any atom is -0.478 e. The molecule has 4 nitrogen and oxygen atoms in total. The summed E-state index contributed by atoms with van der Waals surface area (Å²) in [7, 11) is 0. The highest BCUT2D eigenvalue weighted by Crippen LogP contribution is 2.33. The van der Waals surface area contributed by atoms with Crippen LogP contribution in [0.5, 0.6) is 0 Å². The quantitative estimate of drug-likeness (QED) is 0.610. The molecule has 24 heavy (non-hydrogen) atoms. The fourth-order valence-corrected chi connectivity index (χ4v) is 3.00. The highest BCUT2D eigenvalue weighted by atomic mass is 16.4. The maximum Gasteiger partial charge on any atom is 0.336 e. The first-order valence-corrected chi connectivity index (χ1v) is 7.59. The number of pyridine rings is 1. The van der Waals surface area contributed by atoms with E-state index in [0.717, 1.165) is 22.5 Å². The number of carboxylic acids is 1. The van der Waals surface area contributed by atoms with E-state index in [4.69, 9.17) is 0 Å². The maximum atomic E-state index is 11.6. The van der Waals surface area contributed by atoms with Crippen molar-refractivity contribution < 1.29 is 9.90 Å². The molecule has 0 spiro atoms. The molecule has 0 radical (unpaired) electrons. The molecule has 0 aliphatic rings. The van der Waals surface area contributed by atoms with E-state index in [9.17, 15) is 9.90 Å². The Kier molecular flexibility index (Phi) is 3.35. The van der Waals surface area contributed by atoms with E-state index < -0.39 is 5.97 Å². The van der Waals surface area contributed by atoms with Crippen LogP contribution in [0.3, 0.4) is 0 Å². The molecule has 1 N–H and O–H groups in total. The second-order valence-corrected chi connectivity index (χ2v) is 5.49. The lowest BCUT2D eigenvalue weighted by atomic mass is 10.1. The Balaban J connectivity index is 2.11. The third kappa shape index (κ3) is 2.25. The number of carboxylic acid groups (broad SMARTS) is 1. The number of nitrogens with zero attached hydrogens (tertiary/aromatic N) is 2. The predicted octanol–water partition coefficient (Wildman–Crippen LogP) is 4.39. The van der Waals surface area contributed by atoms with Crippen molar-refractivity contribution in [2.45, 2.75) is 0 Å². The molecular weight excluding hydrogens is 300 g/mol. The van der Waals surface area contributed by atoms with Crippen LogP contribution < -0.4 is 0 Å². The SMILES string of the molecule is O=C(O)c1cccc2c1cc(-c1ccccc1)n2-c1cccnc1. The average molecular weight is 314 g/mol. The van der Waals surface area contributed by atoms with Gasteiger partial charge in [-0.1, -0.05) is 36.4 Å². The van der Waals surface area contributed by atoms with Crippen LogP contribution in [0.1, 0.15) is 10.4 Å². The molecule has 0 bridgehead atoms. The second kappa shape index (κ2) is 5.66. The number of hydrogen-bond acceptors (Lipinski definition) is 2. The molecule has 116 valence electrons. The molecule has 0 unspecified atom stereocenters. The molecule has 4 heteroatoms. The standard InChI is InChI=1S/C20H14N2O2/c23-20(24)16-9-4-10-18-17(16)12-19(14-6-2-1-3-7-14)22(18)15-8-5-11-21-13-15/h1-13H,(H,23,24). The number of rotatable bonds is 3. The van der Waals surface area contributed by atoms with E-state index in [1.54, 1.807) is 24.5 Å². The average Bonchev–Trinajstić information content (AvgIpc) is 3.02. The van der Waals surface area contributed by atoms with Crippen LogP contribution in [0.2, 0.25) is 0 Å². The Labute approximate surface area is 138 Å². The highest BCUT2D eigenvalue weighted by Gasteiger charge is 2.17. The zero-order valence-electron chi connectivity index (χ0n) is 12.8. The molecule has 0 amide bonds. The van der Waals surface area contributed by atoms with Gasteiger partial charge in [0.05, 0.1) is 28.7 Å². The van der Waals surface area contributed by atoms with E-state index in [2.05, 4.69) is 4.98 Å². The Hall–Kier alpha value is -3.40. The van der Waals surface area contributed by atoms with Crippen LogP contribution in [-0.2, 0) is 0 Å². The Morgan fingerprint density at radius 2 is 1.79 bits per heavy atom. The summed E-state index contributed by atoms with van der Waals surface area (Å²) in [5.74, 6) is -0.927. The van der Waals surface area contributed by atoms with E-state index in [1.165, 1.54) is 0 Å². The molecule has 0 aliphatic heterocycles. The zero-order chi connectivity index (χ0) is 16.5. The van der Waals surface area contributed by atoms with Crippen molar-refractivity contribution in [2.75, 3.05) is 0 Å². The number of hydrogen-bond donors (Lipinski definition) is 1. The van der Waals surface area contributed by atoms with Crippen molar-refractivity contribution in [3.63, 3.8) is 0 Å². The zero-order valence-corrected chi connectivity index (χ0v) is 12.8.